The molecule has 6 nitrogen and oxygen atoms in total. The molecule has 1 aromatic carbocycles. The lowest BCUT2D eigenvalue weighted by molar-refractivity contribution is -0.192. The number of alkyl halides is 3. The Morgan fingerprint density at radius 1 is 1.25 bits per heavy atom. The molecule has 2 heterocycles. The summed E-state index contributed by atoms with van der Waals surface area (Å²) in [7, 11) is 0. The van der Waals surface area contributed by atoms with Crippen molar-refractivity contribution in [3.05, 3.63) is 41.6 Å². The Balaban J connectivity index is 0.000000345. The third-order valence-electron chi connectivity index (χ3n) is 3.92. The predicted molar refractivity (Wildman–Crippen MR) is 97.1 cm³/mol. The zero-order valence-electron chi connectivity index (χ0n) is 14.6. The average Bonchev–Trinajstić information content (AvgIpc) is 3.27. The molecule has 0 aliphatic carbocycles. The van der Waals surface area contributed by atoms with Gasteiger partial charge >= 0.3 is 12.1 Å². The van der Waals surface area contributed by atoms with E-state index in [2.05, 4.69) is 10.6 Å². The van der Waals surface area contributed by atoms with Crippen molar-refractivity contribution in [3.63, 3.8) is 0 Å². The maximum atomic E-state index is 11.9. The Labute approximate surface area is 163 Å². The summed E-state index contributed by atoms with van der Waals surface area (Å²) in [4.78, 5) is 20.8. The predicted octanol–water partition coefficient (Wildman–Crippen LogP) is 4.17. The van der Waals surface area contributed by atoms with Gasteiger partial charge in [-0.2, -0.15) is 13.2 Å². The molecular formula is C18H18ClF3N2O4. The van der Waals surface area contributed by atoms with E-state index in [4.69, 9.17) is 25.9 Å². The first-order valence-electron chi connectivity index (χ1n) is 8.30. The molecule has 1 amide bonds. The third-order valence-corrected chi connectivity index (χ3v) is 4.17. The molecule has 1 fully saturated rings. The first-order chi connectivity index (χ1) is 13.1. The number of hydrogen-bond acceptors (Lipinski definition) is 4. The molecule has 28 heavy (non-hydrogen) atoms. The van der Waals surface area contributed by atoms with Gasteiger partial charge in [0.25, 0.3) is 0 Å². The monoisotopic (exact) mass is 418 g/mol. The lowest BCUT2D eigenvalue weighted by Gasteiger charge is -2.06. The molecule has 2 aromatic rings. The van der Waals surface area contributed by atoms with Crippen LogP contribution in [0.5, 0.6) is 0 Å². The van der Waals surface area contributed by atoms with E-state index < -0.39 is 12.1 Å². The van der Waals surface area contributed by atoms with Crippen molar-refractivity contribution in [2.75, 3.05) is 18.4 Å². The summed E-state index contributed by atoms with van der Waals surface area (Å²) in [5, 5.41) is 13.9. The normalized spacial score (nSPS) is 16.2. The second-order valence-corrected chi connectivity index (χ2v) is 6.56. The van der Waals surface area contributed by atoms with E-state index in [0.717, 1.165) is 30.6 Å². The quantitative estimate of drug-likeness (QED) is 0.693. The van der Waals surface area contributed by atoms with E-state index >= 15 is 0 Å². The summed E-state index contributed by atoms with van der Waals surface area (Å²) >= 11 is 5.87. The van der Waals surface area contributed by atoms with Gasteiger partial charge in [-0.3, -0.25) is 10.1 Å². The number of anilines is 1. The van der Waals surface area contributed by atoms with Gasteiger partial charge in [0.1, 0.15) is 6.26 Å². The molecule has 3 N–H and O–H groups in total. The molecule has 0 bridgehead atoms. The molecule has 10 heteroatoms. The molecule has 152 valence electrons. The van der Waals surface area contributed by atoms with Crippen LogP contribution in [0.25, 0.3) is 11.1 Å². The molecule has 1 atom stereocenters. The van der Waals surface area contributed by atoms with Crippen LogP contribution in [-0.2, 0) is 9.59 Å². The topological polar surface area (TPSA) is 91.6 Å². The molecule has 1 aliphatic rings. The van der Waals surface area contributed by atoms with E-state index in [-0.39, 0.29) is 5.91 Å². The third kappa shape index (κ3) is 6.90. The largest absolute Gasteiger partial charge is 0.490 e. The van der Waals surface area contributed by atoms with Crippen molar-refractivity contribution >= 4 is 29.4 Å². The van der Waals surface area contributed by atoms with E-state index in [0.29, 0.717) is 23.2 Å². The molecule has 0 saturated carbocycles. The maximum absolute atomic E-state index is 11.9. The average molecular weight is 419 g/mol. The number of carboxylic acids is 1. The second-order valence-electron chi connectivity index (χ2n) is 6.12. The number of rotatable bonds is 4. The Bertz CT molecular complexity index is 800. The van der Waals surface area contributed by atoms with Crippen molar-refractivity contribution in [3.8, 4) is 11.1 Å². The van der Waals surface area contributed by atoms with Crippen LogP contribution in [0.2, 0.25) is 5.02 Å². The molecule has 1 saturated heterocycles. The summed E-state index contributed by atoms with van der Waals surface area (Å²) < 4.78 is 37.1. The van der Waals surface area contributed by atoms with Crippen molar-refractivity contribution in [1.29, 1.82) is 0 Å². The van der Waals surface area contributed by atoms with Crippen LogP contribution in [0.3, 0.4) is 0 Å². The summed E-state index contributed by atoms with van der Waals surface area (Å²) in [5.74, 6) is -1.85. The Morgan fingerprint density at radius 2 is 1.89 bits per heavy atom. The molecule has 3 rings (SSSR count). The Morgan fingerprint density at radius 3 is 2.43 bits per heavy atom. The lowest BCUT2D eigenvalue weighted by Crippen LogP contribution is -2.21. The minimum absolute atomic E-state index is 0.000654. The van der Waals surface area contributed by atoms with Gasteiger partial charge in [-0.25, -0.2) is 4.79 Å². The number of carboxylic acid groups (broad SMARTS) is 1. The van der Waals surface area contributed by atoms with Crippen LogP contribution in [0.4, 0.5) is 19.1 Å². The van der Waals surface area contributed by atoms with Gasteiger partial charge in [-0.1, -0.05) is 23.7 Å². The molecule has 1 aromatic heterocycles. The maximum Gasteiger partial charge on any atom is 0.490 e. The fourth-order valence-corrected chi connectivity index (χ4v) is 2.66. The SMILES string of the molecule is O=C(C[C@@H]1CCNC1)Nc1cc(-c2ccc(Cl)cc2)co1.O=C(O)C(F)(F)F. The number of amides is 1. The van der Waals surface area contributed by atoms with Gasteiger partial charge in [-0.15, -0.1) is 0 Å². The van der Waals surface area contributed by atoms with Gasteiger partial charge in [0.15, 0.2) is 5.88 Å². The minimum atomic E-state index is -5.08. The van der Waals surface area contributed by atoms with E-state index in [1.165, 1.54) is 0 Å². The highest BCUT2D eigenvalue weighted by Gasteiger charge is 2.38. The second kappa shape index (κ2) is 9.61. The van der Waals surface area contributed by atoms with Crippen molar-refractivity contribution in [1.82, 2.24) is 5.32 Å². The number of nitrogens with one attached hydrogen (secondary N) is 2. The van der Waals surface area contributed by atoms with Gasteiger partial charge in [-0.05, 0) is 43.1 Å². The van der Waals surface area contributed by atoms with Crippen molar-refractivity contribution in [2.45, 2.75) is 19.0 Å². The van der Waals surface area contributed by atoms with Crippen LogP contribution in [0.15, 0.2) is 41.0 Å². The number of carbonyl (C=O) groups excluding carboxylic acids is 1. The standard InChI is InChI=1S/C16H17ClN2O2.C2HF3O2/c17-14-3-1-12(2-4-14)13-8-16(21-10-13)19-15(20)7-11-5-6-18-9-11;3-2(4,5)1(6)7/h1-4,8,10-11,18H,5-7,9H2,(H,19,20);(H,6,7)/t11-;/m0./s1. The van der Waals surface area contributed by atoms with Crippen molar-refractivity contribution < 1.29 is 32.3 Å². The molecule has 0 spiro atoms. The summed E-state index contributed by atoms with van der Waals surface area (Å²) in [5.41, 5.74) is 1.92. The minimum Gasteiger partial charge on any atom is -0.475 e. The number of furan rings is 1. The fourth-order valence-electron chi connectivity index (χ4n) is 2.53. The molecule has 0 radical (unpaired) electrons. The molecular weight excluding hydrogens is 401 g/mol. The summed E-state index contributed by atoms with van der Waals surface area (Å²) in [6.07, 6.45) is -1.86. The number of benzene rings is 1. The smallest absolute Gasteiger partial charge is 0.475 e. The summed E-state index contributed by atoms with van der Waals surface area (Å²) in [6, 6.07) is 9.32. The van der Waals surface area contributed by atoms with E-state index in [9.17, 15) is 18.0 Å². The summed E-state index contributed by atoms with van der Waals surface area (Å²) in [6.45, 7) is 1.92. The van der Waals surface area contributed by atoms with E-state index in [1.807, 2.05) is 30.3 Å². The van der Waals surface area contributed by atoms with E-state index in [1.54, 1.807) is 6.26 Å². The number of carbonyl (C=O) groups is 2. The first kappa shape index (κ1) is 21.8. The fraction of sp³-hybridized carbons (Fsp3) is 0.333. The highest BCUT2D eigenvalue weighted by Crippen LogP contribution is 2.26. The Kier molecular flexibility index (Phi) is 7.47. The van der Waals surface area contributed by atoms with Gasteiger partial charge < -0.3 is 14.8 Å². The van der Waals surface area contributed by atoms with Crippen LogP contribution in [0, 0.1) is 5.92 Å². The van der Waals surface area contributed by atoms with Gasteiger partial charge in [0.2, 0.25) is 5.91 Å². The molecule has 0 unspecified atom stereocenters. The van der Waals surface area contributed by atoms with Crippen molar-refractivity contribution in [2.24, 2.45) is 5.92 Å². The van der Waals surface area contributed by atoms with Gasteiger partial charge in [0, 0.05) is 23.1 Å². The zero-order valence-corrected chi connectivity index (χ0v) is 15.3. The zero-order chi connectivity index (χ0) is 20.7. The lowest BCUT2D eigenvalue weighted by atomic mass is 10.0. The van der Waals surface area contributed by atoms with Crippen LogP contribution >= 0.6 is 11.6 Å². The number of aliphatic carboxylic acids is 1. The van der Waals surface area contributed by atoms with Crippen LogP contribution < -0.4 is 10.6 Å². The number of hydrogen-bond donors (Lipinski definition) is 3. The van der Waals surface area contributed by atoms with Crippen LogP contribution in [-0.4, -0.2) is 36.2 Å². The first-order valence-corrected chi connectivity index (χ1v) is 8.68. The van der Waals surface area contributed by atoms with Gasteiger partial charge in [0.05, 0.1) is 0 Å². The molecule has 1 aliphatic heterocycles. The highest BCUT2D eigenvalue weighted by atomic mass is 35.5. The highest BCUT2D eigenvalue weighted by molar-refractivity contribution is 6.30. The Hall–Kier alpha value is -2.52. The number of halogens is 4. The van der Waals surface area contributed by atoms with Crippen LogP contribution in [0.1, 0.15) is 12.8 Å².